The van der Waals surface area contributed by atoms with Gasteiger partial charge in [0.15, 0.2) is 0 Å². The highest BCUT2D eigenvalue weighted by Crippen LogP contribution is 2.26. The first-order chi connectivity index (χ1) is 12.2. The van der Waals surface area contributed by atoms with Gasteiger partial charge in [0.1, 0.15) is 17.8 Å². The van der Waals surface area contributed by atoms with Crippen molar-refractivity contribution >= 4 is 11.9 Å². The maximum Gasteiger partial charge on any atom is 0.303 e. The van der Waals surface area contributed by atoms with E-state index in [1.54, 1.807) is 6.92 Å². The molecular weight excluding hydrogens is 340 g/mol. The summed E-state index contributed by atoms with van der Waals surface area (Å²) in [6.07, 6.45) is -1.84. The Labute approximate surface area is 153 Å². The number of aliphatic hydroxyl groups is 2. The molecule has 0 heterocycles. The Balaban J connectivity index is 2.85. The Morgan fingerprint density at radius 1 is 1.12 bits per heavy atom. The molecule has 1 aromatic rings. The summed E-state index contributed by atoms with van der Waals surface area (Å²) in [5.41, 5.74) is -0.733. The van der Waals surface area contributed by atoms with E-state index in [4.69, 9.17) is 14.2 Å². The molecule has 1 rings (SSSR count). The number of esters is 2. The summed E-state index contributed by atoms with van der Waals surface area (Å²) < 4.78 is 16.1. The molecule has 2 N–H and O–H groups in total. The number of rotatable bonds is 10. The Hall–Kier alpha value is -1.96. The second kappa shape index (κ2) is 10.3. The van der Waals surface area contributed by atoms with Gasteiger partial charge in [0.2, 0.25) is 0 Å². The zero-order valence-corrected chi connectivity index (χ0v) is 15.7. The van der Waals surface area contributed by atoms with Gasteiger partial charge >= 0.3 is 11.9 Å². The zero-order valence-electron chi connectivity index (χ0n) is 15.7. The van der Waals surface area contributed by atoms with Gasteiger partial charge in [-0.2, -0.15) is 0 Å². The van der Waals surface area contributed by atoms with Gasteiger partial charge in [-0.25, -0.2) is 0 Å². The fourth-order valence-electron chi connectivity index (χ4n) is 2.64. The third-order valence-corrected chi connectivity index (χ3v) is 4.00. The lowest BCUT2D eigenvalue weighted by molar-refractivity contribution is -0.187. The molecule has 7 heteroatoms. The van der Waals surface area contributed by atoms with Crippen LogP contribution in [-0.2, 0) is 30.4 Å². The number of carbonyl (C=O) groups excluding carboxylic acids is 2. The average Bonchev–Trinajstić information content (AvgIpc) is 2.58. The molecule has 0 radical (unpaired) electrons. The molecule has 146 valence electrons. The molecule has 1 aromatic carbocycles. The Morgan fingerprint density at radius 2 is 1.69 bits per heavy atom. The van der Waals surface area contributed by atoms with E-state index in [0.29, 0.717) is 6.61 Å². The molecule has 0 aliphatic rings. The van der Waals surface area contributed by atoms with Crippen LogP contribution in [0.1, 0.15) is 33.3 Å². The molecule has 0 fully saturated rings. The summed E-state index contributed by atoms with van der Waals surface area (Å²) in [7, 11) is 0. The molecule has 0 aliphatic carbocycles. The van der Waals surface area contributed by atoms with E-state index >= 15 is 0 Å². The molecule has 0 saturated carbocycles. The molecule has 0 unspecified atom stereocenters. The second-order valence-corrected chi connectivity index (χ2v) is 6.55. The lowest BCUT2D eigenvalue weighted by Crippen LogP contribution is -2.52. The van der Waals surface area contributed by atoms with Crippen molar-refractivity contribution < 1.29 is 34.0 Å². The summed E-state index contributed by atoms with van der Waals surface area (Å²) in [5, 5.41) is 19.8. The van der Waals surface area contributed by atoms with Crippen molar-refractivity contribution in [1.82, 2.24) is 0 Å². The third kappa shape index (κ3) is 7.11. The standard InChI is InChI=1S/C19H28O7/c1-13(18(26-15(3)22)19(4,23)12-20)17(25-14(2)21)11-24-10-16-8-6-5-7-9-16/h5-9,13,17-18,20,23H,10-12H2,1-4H3/t13-,17+,18+,19-/m1/s1. The van der Waals surface area contributed by atoms with Crippen LogP contribution < -0.4 is 0 Å². The minimum Gasteiger partial charge on any atom is -0.460 e. The van der Waals surface area contributed by atoms with Gasteiger partial charge in [-0.05, 0) is 12.5 Å². The molecule has 0 amide bonds. The van der Waals surface area contributed by atoms with Gasteiger partial charge in [-0.1, -0.05) is 37.3 Å². The third-order valence-electron chi connectivity index (χ3n) is 4.00. The maximum absolute atomic E-state index is 11.5. The van der Waals surface area contributed by atoms with Crippen molar-refractivity contribution in [3.05, 3.63) is 35.9 Å². The van der Waals surface area contributed by atoms with E-state index < -0.39 is 42.3 Å². The van der Waals surface area contributed by atoms with Crippen LogP contribution in [0, 0.1) is 5.92 Å². The first kappa shape index (κ1) is 22.1. The van der Waals surface area contributed by atoms with Crippen LogP contribution >= 0.6 is 0 Å². The van der Waals surface area contributed by atoms with Gasteiger partial charge in [-0.3, -0.25) is 9.59 Å². The smallest absolute Gasteiger partial charge is 0.303 e. The quantitative estimate of drug-likeness (QED) is 0.603. The van der Waals surface area contributed by atoms with Crippen molar-refractivity contribution in [3.8, 4) is 0 Å². The Kier molecular flexibility index (Phi) is 8.71. The Bertz CT molecular complexity index is 571. The summed E-state index contributed by atoms with van der Waals surface area (Å²) in [6, 6.07) is 9.49. The van der Waals surface area contributed by atoms with Crippen LogP contribution in [0.25, 0.3) is 0 Å². The zero-order chi connectivity index (χ0) is 19.7. The molecule has 0 bridgehead atoms. The van der Waals surface area contributed by atoms with Gasteiger partial charge < -0.3 is 24.4 Å². The van der Waals surface area contributed by atoms with E-state index in [-0.39, 0.29) is 6.61 Å². The van der Waals surface area contributed by atoms with E-state index in [1.165, 1.54) is 20.8 Å². The largest absolute Gasteiger partial charge is 0.460 e. The van der Waals surface area contributed by atoms with Gasteiger partial charge in [0.05, 0.1) is 19.8 Å². The lowest BCUT2D eigenvalue weighted by atomic mass is 9.86. The monoisotopic (exact) mass is 368 g/mol. The minimum atomic E-state index is -1.69. The molecule has 0 aromatic heterocycles. The predicted molar refractivity (Wildman–Crippen MR) is 94.1 cm³/mol. The van der Waals surface area contributed by atoms with E-state index in [1.807, 2.05) is 30.3 Å². The van der Waals surface area contributed by atoms with Crippen molar-refractivity contribution in [2.75, 3.05) is 13.2 Å². The van der Waals surface area contributed by atoms with Crippen molar-refractivity contribution in [1.29, 1.82) is 0 Å². The SMILES string of the molecule is CC(=O)O[C@@H](COCc1ccccc1)[C@@H](C)[C@H](OC(C)=O)[C@](C)(O)CO. The highest BCUT2D eigenvalue weighted by Gasteiger charge is 2.42. The normalized spacial score (nSPS) is 16.8. The Morgan fingerprint density at radius 3 is 2.19 bits per heavy atom. The molecule has 0 spiro atoms. The highest BCUT2D eigenvalue weighted by atomic mass is 16.6. The first-order valence-electron chi connectivity index (χ1n) is 8.46. The number of carbonyl (C=O) groups is 2. The predicted octanol–water partition coefficient (Wildman–Crippen LogP) is 1.45. The maximum atomic E-state index is 11.5. The van der Waals surface area contributed by atoms with Crippen LogP contribution in [0.5, 0.6) is 0 Å². The number of benzene rings is 1. The average molecular weight is 368 g/mol. The summed E-state index contributed by atoms with van der Waals surface area (Å²) >= 11 is 0. The number of aliphatic hydroxyl groups excluding tert-OH is 1. The molecule has 4 atom stereocenters. The van der Waals surface area contributed by atoms with Crippen LogP contribution in [0.4, 0.5) is 0 Å². The van der Waals surface area contributed by atoms with E-state index in [0.717, 1.165) is 5.56 Å². The van der Waals surface area contributed by atoms with E-state index in [9.17, 15) is 19.8 Å². The first-order valence-corrected chi connectivity index (χ1v) is 8.46. The second-order valence-electron chi connectivity index (χ2n) is 6.55. The van der Waals surface area contributed by atoms with Crippen molar-refractivity contribution in [2.24, 2.45) is 5.92 Å². The van der Waals surface area contributed by atoms with Gasteiger partial charge in [-0.15, -0.1) is 0 Å². The fraction of sp³-hybridized carbons (Fsp3) is 0.579. The van der Waals surface area contributed by atoms with Crippen molar-refractivity contribution in [2.45, 2.75) is 52.1 Å². The van der Waals surface area contributed by atoms with Crippen molar-refractivity contribution in [3.63, 3.8) is 0 Å². The van der Waals surface area contributed by atoms with Gasteiger partial charge in [0.25, 0.3) is 0 Å². The van der Waals surface area contributed by atoms with Gasteiger partial charge in [0, 0.05) is 19.8 Å². The van der Waals surface area contributed by atoms with Crippen LogP contribution in [-0.4, -0.2) is 53.2 Å². The summed E-state index contributed by atoms with van der Waals surface area (Å²) in [4.78, 5) is 22.9. The van der Waals surface area contributed by atoms with E-state index in [2.05, 4.69) is 0 Å². The summed E-state index contributed by atoms with van der Waals surface area (Å²) in [5.74, 6) is -1.74. The summed E-state index contributed by atoms with van der Waals surface area (Å²) in [6.45, 7) is 5.24. The topological polar surface area (TPSA) is 102 Å². The lowest BCUT2D eigenvalue weighted by Gasteiger charge is -2.37. The number of hydrogen-bond donors (Lipinski definition) is 2. The number of ether oxygens (including phenoxy) is 3. The van der Waals surface area contributed by atoms with Crippen LogP contribution in [0.3, 0.4) is 0 Å². The molecule has 7 nitrogen and oxygen atoms in total. The number of hydrogen-bond acceptors (Lipinski definition) is 7. The minimum absolute atomic E-state index is 0.0505. The molecule has 0 aliphatic heterocycles. The fourth-order valence-corrected chi connectivity index (χ4v) is 2.64. The molecular formula is C19H28O7. The highest BCUT2D eigenvalue weighted by molar-refractivity contribution is 5.67. The molecule has 0 saturated heterocycles. The van der Waals surface area contributed by atoms with Crippen LogP contribution in [0.15, 0.2) is 30.3 Å². The molecule has 26 heavy (non-hydrogen) atoms. The van der Waals surface area contributed by atoms with Crippen LogP contribution in [0.2, 0.25) is 0 Å².